The lowest BCUT2D eigenvalue weighted by molar-refractivity contribution is -0.115. The van der Waals surface area contributed by atoms with Gasteiger partial charge in [-0.05, 0) is 87.8 Å². The number of benzene rings is 2. The van der Waals surface area contributed by atoms with Crippen molar-refractivity contribution in [1.29, 1.82) is 5.41 Å². The molecule has 2 unspecified atom stereocenters. The summed E-state index contributed by atoms with van der Waals surface area (Å²) in [6.45, 7) is 8.98. The summed E-state index contributed by atoms with van der Waals surface area (Å²) >= 11 is 0. The first-order chi connectivity index (χ1) is 21.8. The number of piperidine rings is 1. The fourth-order valence-electron chi connectivity index (χ4n) is 5.81. The summed E-state index contributed by atoms with van der Waals surface area (Å²) in [5.41, 5.74) is 3.66. The number of hydrogen-bond acceptors (Lipinski definition) is 9. The fraction of sp³-hybridized carbons (Fsp3) is 0.343. The average Bonchev–Trinajstić information content (AvgIpc) is 3.16. The summed E-state index contributed by atoms with van der Waals surface area (Å²) in [7, 11) is 3.99. The van der Waals surface area contributed by atoms with E-state index in [9.17, 15) is 4.79 Å². The Labute approximate surface area is 264 Å². The van der Waals surface area contributed by atoms with E-state index in [1.54, 1.807) is 24.6 Å². The van der Waals surface area contributed by atoms with E-state index in [-0.39, 0.29) is 5.78 Å². The Morgan fingerprint density at radius 2 is 2.16 bits per heavy atom. The minimum atomic E-state index is 0.197. The van der Waals surface area contributed by atoms with Gasteiger partial charge in [-0.15, -0.1) is 0 Å². The van der Waals surface area contributed by atoms with E-state index in [2.05, 4.69) is 37.8 Å². The Balaban J connectivity index is 1.29. The minimum Gasteiger partial charge on any atom is -0.491 e. The summed E-state index contributed by atoms with van der Waals surface area (Å²) < 4.78 is 12.4. The molecule has 3 aromatic rings. The molecule has 0 spiro atoms. The van der Waals surface area contributed by atoms with Crippen LogP contribution in [0, 0.1) is 24.2 Å². The Morgan fingerprint density at radius 3 is 2.93 bits per heavy atom. The summed E-state index contributed by atoms with van der Waals surface area (Å²) in [6.07, 6.45) is 13.4. The molecular weight excluding hydrogens is 566 g/mol. The second-order valence-electron chi connectivity index (χ2n) is 11.7. The van der Waals surface area contributed by atoms with Crippen LogP contribution in [0.2, 0.25) is 0 Å². The summed E-state index contributed by atoms with van der Waals surface area (Å²) in [6, 6.07) is 9.98. The summed E-state index contributed by atoms with van der Waals surface area (Å²) in [5.74, 6) is 3.78. The first kappa shape index (κ1) is 31.6. The van der Waals surface area contributed by atoms with Crippen LogP contribution >= 0.6 is 0 Å². The normalized spacial score (nSPS) is 18.1. The first-order valence-electron chi connectivity index (χ1n) is 15.3. The molecule has 0 radical (unpaired) electrons. The van der Waals surface area contributed by atoms with Crippen LogP contribution in [0.25, 0.3) is 10.9 Å². The zero-order chi connectivity index (χ0) is 31.8. The lowest BCUT2D eigenvalue weighted by atomic mass is 9.82. The van der Waals surface area contributed by atoms with E-state index < -0.39 is 0 Å². The number of allylic oxidation sites excluding steroid dienone is 3. The number of carbonyl (C=O) groups excluding carboxylic acids is 1. The van der Waals surface area contributed by atoms with Gasteiger partial charge in [0.05, 0.1) is 17.8 Å². The van der Waals surface area contributed by atoms with Gasteiger partial charge in [-0.2, -0.15) is 0 Å². The zero-order valence-corrected chi connectivity index (χ0v) is 26.2. The number of carbonyl (C=O) groups is 1. The molecule has 2 bridgehead atoms. The molecule has 0 amide bonds. The molecule has 2 aliphatic heterocycles. The number of nitrogens with zero attached hydrogens (tertiary/aromatic N) is 5. The van der Waals surface area contributed by atoms with Crippen LogP contribution in [-0.2, 0) is 4.79 Å². The van der Waals surface area contributed by atoms with Crippen molar-refractivity contribution in [1.82, 2.24) is 14.9 Å². The number of ketones is 1. The van der Waals surface area contributed by atoms with E-state index >= 15 is 0 Å². The number of aromatic nitrogens is 2. The molecular formula is C35H41N7O3. The van der Waals surface area contributed by atoms with Crippen molar-refractivity contribution in [2.75, 3.05) is 50.6 Å². The van der Waals surface area contributed by atoms with Gasteiger partial charge in [-0.25, -0.2) is 15.0 Å². The number of fused-ring (bicyclic) bond motifs is 5. The Morgan fingerprint density at radius 1 is 1.29 bits per heavy atom. The number of aryl methyl sites for hydroxylation is 1. The molecule has 10 heteroatoms. The van der Waals surface area contributed by atoms with Crippen molar-refractivity contribution >= 4 is 46.4 Å². The molecule has 234 valence electrons. The van der Waals surface area contributed by atoms with Crippen LogP contribution in [0.3, 0.4) is 0 Å². The third-order valence-corrected chi connectivity index (χ3v) is 8.20. The maximum Gasteiger partial charge on any atom is 0.155 e. The van der Waals surface area contributed by atoms with E-state index in [0.29, 0.717) is 42.2 Å². The Bertz CT molecular complexity index is 1650. The maximum absolute atomic E-state index is 12.4. The minimum absolute atomic E-state index is 0.197. The monoisotopic (exact) mass is 607 g/mol. The number of rotatable bonds is 13. The largest absolute Gasteiger partial charge is 0.491 e. The molecule has 10 nitrogen and oxygen atoms in total. The lowest BCUT2D eigenvalue weighted by Gasteiger charge is -2.37. The van der Waals surface area contributed by atoms with Crippen LogP contribution in [0.4, 0.5) is 17.2 Å². The molecule has 45 heavy (non-hydrogen) atoms. The molecule has 2 N–H and O–H groups in total. The predicted octanol–water partition coefficient (Wildman–Crippen LogP) is 6.11. The number of anilines is 3. The predicted molar refractivity (Wildman–Crippen MR) is 181 cm³/mol. The number of nitrogens with one attached hydrogen (secondary N) is 2. The van der Waals surface area contributed by atoms with Gasteiger partial charge >= 0.3 is 0 Å². The van der Waals surface area contributed by atoms with Crippen LogP contribution in [0.15, 0.2) is 78.3 Å². The second-order valence-corrected chi connectivity index (χ2v) is 11.7. The van der Waals surface area contributed by atoms with E-state index in [1.165, 1.54) is 6.21 Å². The molecule has 2 aliphatic rings. The Hall–Kier alpha value is -4.83. The van der Waals surface area contributed by atoms with Crippen LogP contribution in [0.1, 0.15) is 24.8 Å². The van der Waals surface area contributed by atoms with Crippen molar-refractivity contribution in [3.63, 3.8) is 0 Å². The van der Waals surface area contributed by atoms with Gasteiger partial charge in [-0.3, -0.25) is 10.2 Å². The number of likely N-dealkylation sites (N-methyl/N-ethyl adjacent to an activating group) is 1. The number of aliphatic imine (C=N–C) groups is 1. The third-order valence-electron chi connectivity index (χ3n) is 8.20. The van der Waals surface area contributed by atoms with Crippen molar-refractivity contribution in [3.05, 3.63) is 78.9 Å². The highest BCUT2D eigenvalue weighted by Gasteiger charge is 2.34. The molecule has 1 aromatic heterocycles. The zero-order valence-electron chi connectivity index (χ0n) is 26.2. The smallest absolute Gasteiger partial charge is 0.155 e. The van der Waals surface area contributed by atoms with Crippen LogP contribution in [-0.4, -0.2) is 73.5 Å². The molecule has 2 atom stereocenters. The SMILES string of the molecule is C=C/C(=C\C=NC=N)Oc1ccc(Nc2ncnc3cc4c(cc23)N2CCC(CCC(=O)/C=C/CN(C)C)C(CO4)C2)cc1C. The molecule has 0 saturated carbocycles. The van der Waals surface area contributed by atoms with E-state index in [1.807, 2.05) is 56.3 Å². The number of ether oxygens (including phenoxy) is 2. The Kier molecular flexibility index (Phi) is 10.4. The molecule has 1 fully saturated rings. The quantitative estimate of drug-likeness (QED) is 0.0786. The van der Waals surface area contributed by atoms with Gasteiger partial charge in [0.15, 0.2) is 5.78 Å². The van der Waals surface area contributed by atoms with Crippen LogP contribution < -0.4 is 19.7 Å². The molecule has 0 aliphatic carbocycles. The number of hydrogen-bond donors (Lipinski definition) is 2. The van der Waals surface area contributed by atoms with Gasteiger partial charge in [0, 0.05) is 55.3 Å². The maximum atomic E-state index is 12.4. The van der Waals surface area contributed by atoms with Crippen molar-refractivity contribution < 1.29 is 14.3 Å². The molecule has 5 rings (SSSR count). The van der Waals surface area contributed by atoms with Crippen molar-refractivity contribution in [2.24, 2.45) is 16.8 Å². The summed E-state index contributed by atoms with van der Waals surface area (Å²) in [4.78, 5) is 29.8. The van der Waals surface area contributed by atoms with Gasteiger partial charge < -0.3 is 24.6 Å². The third kappa shape index (κ3) is 8.02. The van der Waals surface area contributed by atoms with Crippen molar-refractivity contribution in [3.8, 4) is 11.5 Å². The topological polar surface area (TPSA) is 116 Å². The highest BCUT2D eigenvalue weighted by atomic mass is 16.5. The van der Waals surface area contributed by atoms with E-state index in [4.69, 9.17) is 14.9 Å². The highest BCUT2D eigenvalue weighted by molar-refractivity contribution is 5.95. The molecule has 2 aromatic carbocycles. The lowest BCUT2D eigenvalue weighted by Crippen LogP contribution is -2.41. The van der Waals surface area contributed by atoms with E-state index in [0.717, 1.165) is 72.4 Å². The highest BCUT2D eigenvalue weighted by Crippen LogP contribution is 2.42. The van der Waals surface area contributed by atoms with Gasteiger partial charge in [0.1, 0.15) is 35.7 Å². The van der Waals surface area contributed by atoms with Crippen molar-refractivity contribution in [2.45, 2.75) is 26.2 Å². The average molecular weight is 608 g/mol. The fourth-order valence-corrected chi connectivity index (χ4v) is 5.81. The first-order valence-corrected chi connectivity index (χ1v) is 15.3. The van der Waals surface area contributed by atoms with Gasteiger partial charge in [0.2, 0.25) is 0 Å². The standard InChI is InChI=1S/C35H41N7O3/c1-5-29(12-14-37-22-36)45-33-11-9-27(17-24(33)2)40-35-30-18-32-34(19-31(30)38-23-39-35)44-21-26-20-42(32)16-13-25(26)8-10-28(43)7-6-15-41(3)4/h5-7,9,11-12,14,17-19,22-23,25-26,36H,1,8,10,13,15-16,20-21H2,2-4H3,(H,38,39,40)/b7-6+,29-12+,36-22?,37-14?. The van der Waals surface area contributed by atoms with Crippen LogP contribution in [0.5, 0.6) is 11.5 Å². The second kappa shape index (κ2) is 14.8. The molecule has 1 saturated heterocycles. The van der Waals surface area contributed by atoms with Gasteiger partial charge in [-0.1, -0.05) is 12.7 Å². The summed E-state index contributed by atoms with van der Waals surface area (Å²) in [5, 5.41) is 11.4. The van der Waals surface area contributed by atoms with Gasteiger partial charge in [0.25, 0.3) is 0 Å². The molecule has 3 heterocycles.